The monoisotopic (exact) mass is 313 g/mol. The van der Waals surface area contributed by atoms with Crippen LogP contribution in [0.3, 0.4) is 0 Å². The number of nitrogen functional groups attached to an aromatic ring is 1. The van der Waals surface area contributed by atoms with E-state index in [1.165, 1.54) is 10.8 Å². The van der Waals surface area contributed by atoms with Crippen LogP contribution in [0.1, 0.15) is 0 Å². The summed E-state index contributed by atoms with van der Waals surface area (Å²) in [5.41, 5.74) is 8.38. The molecule has 0 aliphatic heterocycles. The van der Waals surface area contributed by atoms with Gasteiger partial charge in [0.2, 0.25) is 0 Å². The van der Waals surface area contributed by atoms with Crippen molar-refractivity contribution in [1.29, 1.82) is 0 Å². The van der Waals surface area contributed by atoms with Gasteiger partial charge in [0.15, 0.2) is 0 Å². The van der Waals surface area contributed by atoms with E-state index in [2.05, 4.69) is 50.5 Å². The van der Waals surface area contributed by atoms with Crippen molar-refractivity contribution in [2.75, 3.05) is 11.1 Å². The van der Waals surface area contributed by atoms with Gasteiger partial charge in [-0.25, -0.2) is 0 Å². The Kier molecular flexibility index (Phi) is 3.09. The number of hydrogen-bond acceptors (Lipinski definition) is 3. The van der Waals surface area contributed by atoms with Crippen molar-refractivity contribution in [1.82, 2.24) is 4.98 Å². The fourth-order valence-corrected chi connectivity index (χ4v) is 2.35. The largest absolute Gasteiger partial charge is 0.396 e. The molecule has 0 unspecified atom stereocenters. The molecule has 3 N–H and O–H groups in total. The maximum atomic E-state index is 5.87. The Morgan fingerprint density at radius 1 is 1.00 bits per heavy atom. The lowest BCUT2D eigenvalue weighted by Gasteiger charge is -2.09. The van der Waals surface area contributed by atoms with Crippen LogP contribution in [0.5, 0.6) is 0 Å². The Morgan fingerprint density at radius 3 is 2.63 bits per heavy atom. The fourth-order valence-electron chi connectivity index (χ4n) is 1.97. The predicted octanol–water partition coefficient (Wildman–Crippen LogP) is 4.32. The maximum Gasteiger partial charge on any atom is 0.0739 e. The summed E-state index contributed by atoms with van der Waals surface area (Å²) in [4.78, 5) is 3.98. The maximum absolute atomic E-state index is 5.87. The summed E-state index contributed by atoms with van der Waals surface area (Å²) in [5, 5.41) is 5.68. The lowest BCUT2D eigenvalue weighted by atomic mass is 10.1. The number of pyridine rings is 1. The summed E-state index contributed by atoms with van der Waals surface area (Å²) in [7, 11) is 0. The number of anilines is 3. The zero-order valence-corrected chi connectivity index (χ0v) is 11.7. The molecule has 0 aliphatic rings. The van der Waals surface area contributed by atoms with Crippen molar-refractivity contribution in [2.45, 2.75) is 0 Å². The minimum Gasteiger partial charge on any atom is -0.396 e. The third kappa shape index (κ3) is 2.53. The minimum atomic E-state index is 0.637. The molecule has 1 heterocycles. The van der Waals surface area contributed by atoms with Crippen LogP contribution < -0.4 is 11.1 Å². The fraction of sp³-hybridized carbons (Fsp3) is 0. The summed E-state index contributed by atoms with van der Waals surface area (Å²) in [5.74, 6) is 0. The summed E-state index contributed by atoms with van der Waals surface area (Å²) < 4.78 is 1.08. The van der Waals surface area contributed by atoms with E-state index in [0.717, 1.165) is 15.8 Å². The Balaban J connectivity index is 1.98. The van der Waals surface area contributed by atoms with Crippen LogP contribution in [0.25, 0.3) is 10.8 Å². The highest BCUT2D eigenvalue weighted by Crippen LogP contribution is 2.26. The van der Waals surface area contributed by atoms with E-state index in [1.54, 1.807) is 12.4 Å². The number of benzene rings is 2. The zero-order chi connectivity index (χ0) is 13.2. The standard InChI is InChI=1S/C15H12BrN3/c16-12-3-1-11-8-13(4-2-10(11)7-12)19-15-5-6-18-9-14(15)17/h1-9H,17H2,(H,18,19). The van der Waals surface area contributed by atoms with E-state index in [4.69, 9.17) is 5.73 Å². The Morgan fingerprint density at radius 2 is 1.79 bits per heavy atom. The molecule has 0 radical (unpaired) electrons. The number of hydrogen-bond donors (Lipinski definition) is 2. The highest BCUT2D eigenvalue weighted by molar-refractivity contribution is 9.10. The number of halogens is 1. The number of nitrogens with two attached hydrogens (primary N) is 1. The van der Waals surface area contributed by atoms with Crippen molar-refractivity contribution in [3.63, 3.8) is 0 Å². The van der Waals surface area contributed by atoms with Crippen LogP contribution in [0, 0.1) is 0 Å². The molecular formula is C15H12BrN3. The van der Waals surface area contributed by atoms with Crippen molar-refractivity contribution in [3.8, 4) is 0 Å². The van der Waals surface area contributed by atoms with Gasteiger partial charge in [-0.05, 0) is 41.1 Å². The molecule has 3 rings (SSSR count). The molecule has 0 fully saturated rings. The first-order valence-electron chi connectivity index (χ1n) is 5.88. The molecular weight excluding hydrogens is 302 g/mol. The lowest BCUT2D eigenvalue weighted by Crippen LogP contribution is -1.96. The number of fused-ring (bicyclic) bond motifs is 1. The van der Waals surface area contributed by atoms with Gasteiger partial charge in [-0.2, -0.15) is 0 Å². The van der Waals surface area contributed by atoms with Crippen LogP contribution in [-0.4, -0.2) is 4.98 Å². The summed E-state index contributed by atoms with van der Waals surface area (Å²) in [6, 6.07) is 14.3. The van der Waals surface area contributed by atoms with Crippen molar-refractivity contribution < 1.29 is 0 Å². The smallest absolute Gasteiger partial charge is 0.0739 e. The van der Waals surface area contributed by atoms with E-state index in [1.807, 2.05) is 18.2 Å². The van der Waals surface area contributed by atoms with E-state index >= 15 is 0 Å². The molecule has 4 heteroatoms. The SMILES string of the molecule is Nc1cnccc1Nc1ccc2cc(Br)ccc2c1. The van der Waals surface area contributed by atoms with E-state index in [9.17, 15) is 0 Å². The van der Waals surface area contributed by atoms with Crippen LogP contribution in [0.4, 0.5) is 17.1 Å². The molecule has 2 aromatic carbocycles. The number of nitrogens with zero attached hydrogens (tertiary/aromatic N) is 1. The predicted molar refractivity (Wildman–Crippen MR) is 83.6 cm³/mol. The second kappa shape index (κ2) is 4.90. The molecule has 0 saturated heterocycles. The van der Waals surface area contributed by atoms with Crippen LogP contribution in [0.15, 0.2) is 59.3 Å². The molecule has 0 aliphatic carbocycles. The molecule has 0 bridgehead atoms. The minimum absolute atomic E-state index is 0.637. The third-order valence-electron chi connectivity index (χ3n) is 2.93. The zero-order valence-electron chi connectivity index (χ0n) is 10.1. The Hall–Kier alpha value is -2.07. The Bertz CT molecular complexity index is 740. The van der Waals surface area contributed by atoms with Gasteiger partial charge in [-0.15, -0.1) is 0 Å². The molecule has 94 valence electrons. The lowest BCUT2D eigenvalue weighted by molar-refractivity contribution is 1.33. The van der Waals surface area contributed by atoms with Crippen molar-refractivity contribution in [2.24, 2.45) is 0 Å². The number of rotatable bonds is 2. The number of nitrogens with one attached hydrogen (secondary N) is 1. The summed E-state index contributed by atoms with van der Waals surface area (Å²) in [6.07, 6.45) is 3.36. The normalized spacial score (nSPS) is 10.6. The Labute approximate surface area is 119 Å². The summed E-state index contributed by atoms with van der Waals surface area (Å²) >= 11 is 3.48. The molecule has 0 atom stereocenters. The average Bonchev–Trinajstić information content (AvgIpc) is 2.41. The van der Waals surface area contributed by atoms with E-state index < -0.39 is 0 Å². The third-order valence-corrected chi connectivity index (χ3v) is 3.43. The van der Waals surface area contributed by atoms with Crippen LogP contribution in [-0.2, 0) is 0 Å². The molecule has 1 aromatic heterocycles. The van der Waals surface area contributed by atoms with Gasteiger partial charge in [0.05, 0.1) is 17.6 Å². The quantitative estimate of drug-likeness (QED) is 0.740. The summed E-state index contributed by atoms with van der Waals surface area (Å²) in [6.45, 7) is 0. The van der Waals surface area contributed by atoms with E-state index in [0.29, 0.717) is 5.69 Å². The first-order valence-corrected chi connectivity index (χ1v) is 6.67. The molecule has 19 heavy (non-hydrogen) atoms. The van der Waals surface area contributed by atoms with Gasteiger partial charge in [0, 0.05) is 16.4 Å². The van der Waals surface area contributed by atoms with Gasteiger partial charge >= 0.3 is 0 Å². The van der Waals surface area contributed by atoms with E-state index in [-0.39, 0.29) is 0 Å². The number of aromatic nitrogens is 1. The van der Waals surface area contributed by atoms with Crippen molar-refractivity contribution >= 4 is 43.8 Å². The molecule has 3 nitrogen and oxygen atoms in total. The van der Waals surface area contributed by atoms with Gasteiger partial charge in [-0.1, -0.05) is 28.1 Å². The average molecular weight is 314 g/mol. The van der Waals surface area contributed by atoms with Gasteiger partial charge < -0.3 is 11.1 Å². The second-order valence-electron chi connectivity index (χ2n) is 4.29. The highest BCUT2D eigenvalue weighted by Gasteiger charge is 2.01. The molecule has 3 aromatic rings. The van der Waals surface area contributed by atoms with Crippen LogP contribution >= 0.6 is 15.9 Å². The molecule has 0 saturated carbocycles. The van der Waals surface area contributed by atoms with Gasteiger partial charge in [0.25, 0.3) is 0 Å². The van der Waals surface area contributed by atoms with Gasteiger partial charge in [0.1, 0.15) is 0 Å². The highest BCUT2D eigenvalue weighted by atomic mass is 79.9. The first-order chi connectivity index (χ1) is 9.22. The first kappa shape index (κ1) is 12.0. The topological polar surface area (TPSA) is 50.9 Å². The molecule has 0 amide bonds. The van der Waals surface area contributed by atoms with Gasteiger partial charge in [-0.3, -0.25) is 4.98 Å². The molecule has 0 spiro atoms. The van der Waals surface area contributed by atoms with Crippen LogP contribution in [0.2, 0.25) is 0 Å². The van der Waals surface area contributed by atoms with Crippen molar-refractivity contribution in [3.05, 3.63) is 59.3 Å². The second-order valence-corrected chi connectivity index (χ2v) is 5.21.